The van der Waals surface area contributed by atoms with Crippen molar-refractivity contribution >= 4 is 23.0 Å². The molecule has 0 aliphatic carbocycles. The van der Waals surface area contributed by atoms with Crippen molar-refractivity contribution < 1.29 is 4.42 Å². The molecule has 0 aliphatic heterocycles. The van der Waals surface area contributed by atoms with Crippen LogP contribution in [0.25, 0.3) is 22.7 Å². The van der Waals surface area contributed by atoms with Gasteiger partial charge in [0.25, 0.3) is 0 Å². The van der Waals surface area contributed by atoms with Gasteiger partial charge in [0, 0.05) is 23.5 Å². The molecule has 0 aromatic carbocycles. The Labute approximate surface area is 115 Å². The van der Waals surface area contributed by atoms with Crippen LogP contribution in [0.5, 0.6) is 0 Å². The zero-order chi connectivity index (χ0) is 13.2. The number of pyridine rings is 2. The normalized spacial score (nSPS) is 11.1. The molecule has 0 aliphatic rings. The van der Waals surface area contributed by atoms with Crippen LogP contribution in [0, 0.1) is 6.92 Å². The number of hydrogen-bond acceptors (Lipinski definition) is 5. The van der Waals surface area contributed by atoms with Crippen molar-refractivity contribution in [3.63, 3.8) is 0 Å². The minimum Gasteiger partial charge on any atom is -0.418 e. The van der Waals surface area contributed by atoms with Crippen LogP contribution in [0.4, 0.5) is 0 Å². The zero-order valence-corrected chi connectivity index (χ0v) is 11.6. The number of nitrogens with zero attached hydrogens (tertiary/aromatic N) is 3. The molecule has 3 heterocycles. The van der Waals surface area contributed by atoms with Crippen LogP contribution in [-0.4, -0.2) is 20.7 Å². The molecule has 3 aromatic heterocycles. The van der Waals surface area contributed by atoms with E-state index in [0.29, 0.717) is 11.6 Å². The van der Waals surface area contributed by atoms with Gasteiger partial charge >= 0.3 is 0 Å². The van der Waals surface area contributed by atoms with E-state index in [0.717, 1.165) is 27.3 Å². The van der Waals surface area contributed by atoms with E-state index in [-0.39, 0.29) is 0 Å². The van der Waals surface area contributed by atoms with Crippen LogP contribution >= 0.6 is 11.8 Å². The Bertz CT molecular complexity index is 724. The van der Waals surface area contributed by atoms with Gasteiger partial charge in [0.2, 0.25) is 11.6 Å². The maximum absolute atomic E-state index is 5.73. The number of thioether (sulfide) groups is 1. The minimum absolute atomic E-state index is 0.574. The predicted molar refractivity (Wildman–Crippen MR) is 76.2 cm³/mol. The van der Waals surface area contributed by atoms with E-state index in [1.165, 1.54) is 0 Å². The van der Waals surface area contributed by atoms with E-state index < -0.39 is 0 Å². The summed E-state index contributed by atoms with van der Waals surface area (Å²) in [5.41, 5.74) is 3.41. The summed E-state index contributed by atoms with van der Waals surface area (Å²) in [4.78, 5) is 14.0. The van der Waals surface area contributed by atoms with Gasteiger partial charge < -0.3 is 4.42 Å². The summed E-state index contributed by atoms with van der Waals surface area (Å²) in [6, 6.07) is 3.90. The third kappa shape index (κ3) is 2.33. The lowest BCUT2D eigenvalue weighted by atomic mass is 10.3. The topological polar surface area (TPSA) is 51.8 Å². The number of oxazole rings is 1. The summed E-state index contributed by atoms with van der Waals surface area (Å²) in [6.07, 6.45) is 5.38. The van der Waals surface area contributed by atoms with Gasteiger partial charge in [-0.25, -0.2) is 9.97 Å². The molecule has 4 nitrogen and oxygen atoms in total. The highest BCUT2D eigenvalue weighted by Crippen LogP contribution is 2.31. The Hall–Kier alpha value is -1.88. The third-order valence-corrected chi connectivity index (χ3v) is 3.62. The summed E-state index contributed by atoms with van der Waals surface area (Å²) in [7, 11) is 0. The van der Waals surface area contributed by atoms with E-state index in [2.05, 4.69) is 21.9 Å². The van der Waals surface area contributed by atoms with E-state index >= 15 is 0 Å². The first-order valence-corrected chi connectivity index (χ1v) is 7.07. The molecule has 19 heavy (non-hydrogen) atoms. The minimum atomic E-state index is 0.574. The monoisotopic (exact) mass is 271 g/mol. The average Bonchev–Trinajstić information content (AvgIpc) is 2.82. The second-order valence-electron chi connectivity index (χ2n) is 4.16. The van der Waals surface area contributed by atoms with Gasteiger partial charge in [-0.2, -0.15) is 0 Å². The maximum Gasteiger partial charge on any atom is 0.247 e. The maximum atomic E-state index is 5.73. The van der Waals surface area contributed by atoms with Crippen molar-refractivity contribution in [1.29, 1.82) is 0 Å². The summed E-state index contributed by atoms with van der Waals surface area (Å²) < 4.78 is 5.73. The van der Waals surface area contributed by atoms with E-state index in [1.54, 1.807) is 24.2 Å². The molecular weight excluding hydrogens is 258 g/mol. The van der Waals surface area contributed by atoms with E-state index in [1.807, 2.05) is 25.3 Å². The summed E-state index contributed by atoms with van der Waals surface area (Å²) in [5, 5.41) is 0. The fraction of sp³-hybridized carbons (Fsp3) is 0.214. The molecule has 0 amide bonds. The number of aryl methyl sites for hydroxylation is 1. The summed E-state index contributed by atoms with van der Waals surface area (Å²) in [6.45, 7) is 4.10. The Morgan fingerprint density at radius 1 is 1.32 bits per heavy atom. The molecule has 0 saturated carbocycles. The second-order valence-corrected chi connectivity index (χ2v) is 5.47. The predicted octanol–water partition coefficient (Wildman–Crippen LogP) is 3.71. The molecule has 96 valence electrons. The largest absolute Gasteiger partial charge is 0.418 e. The van der Waals surface area contributed by atoms with Gasteiger partial charge in [0.15, 0.2) is 0 Å². The van der Waals surface area contributed by atoms with Crippen LogP contribution in [0.3, 0.4) is 0 Å². The first kappa shape index (κ1) is 12.2. The van der Waals surface area contributed by atoms with Crippen molar-refractivity contribution in [2.75, 3.05) is 5.75 Å². The standard InChI is InChI=1S/C14H13N3OS/c1-3-19-12-8-15-5-4-10(12)13-17-11-6-9(2)7-16-14(11)18-13/h4-8H,3H2,1-2H3. The number of fused-ring (bicyclic) bond motifs is 1. The Kier molecular flexibility index (Phi) is 3.21. The van der Waals surface area contributed by atoms with Gasteiger partial charge in [0.05, 0.1) is 5.56 Å². The summed E-state index contributed by atoms with van der Waals surface area (Å²) in [5.74, 6) is 1.59. The highest BCUT2D eigenvalue weighted by atomic mass is 32.2. The lowest BCUT2D eigenvalue weighted by Gasteiger charge is -2.02. The van der Waals surface area contributed by atoms with Crippen LogP contribution in [0.2, 0.25) is 0 Å². The second kappa shape index (κ2) is 5.01. The molecule has 3 rings (SSSR count). The lowest BCUT2D eigenvalue weighted by molar-refractivity contribution is 0.606. The van der Waals surface area contributed by atoms with Crippen molar-refractivity contribution in [1.82, 2.24) is 15.0 Å². The average molecular weight is 271 g/mol. The zero-order valence-electron chi connectivity index (χ0n) is 10.8. The highest BCUT2D eigenvalue weighted by molar-refractivity contribution is 7.99. The molecule has 0 atom stereocenters. The first-order chi connectivity index (χ1) is 9.28. The SMILES string of the molecule is CCSc1cnccc1-c1nc2cc(C)cnc2o1. The van der Waals surface area contributed by atoms with Crippen LogP contribution in [0.15, 0.2) is 40.0 Å². The number of aromatic nitrogens is 3. The summed E-state index contributed by atoms with van der Waals surface area (Å²) >= 11 is 1.73. The molecule has 0 radical (unpaired) electrons. The molecule has 0 spiro atoms. The number of rotatable bonds is 3. The van der Waals surface area contributed by atoms with Crippen molar-refractivity contribution in [2.24, 2.45) is 0 Å². The Morgan fingerprint density at radius 3 is 3.05 bits per heavy atom. The smallest absolute Gasteiger partial charge is 0.247 e. The molecule has 0 fully saturated rings. The quantitative estimate of drug-likeness (QED) is 0.680. The molecule has 0 N–H and O–H groups in total. The van der Waals surface area contributed by atoms with Crippen LogP contribution < -0.4 is 0 Å². The van der Waals surface area contributed by atoms with Gasteiger partial charge in [-0.3, -0.25) is 4.98 Å². The van der Waals surface area contributed by atoms with Crippen molar-refractivity contribution in [2.45, 2.75) is 18.7 Å². The highest BCUT2D eigenvalue weighted by Gasteiger charge is 2.13. The van der Waals surface area contributed by atoms with Gasteiger partial charge in [0.1, 0.15) is 5.52 Å². The molecule has 0 bridgehead atoms. The third-order valence-electron chi connectivity index (χ3n) is 2.70. The first-order valence-electron chi connectivity index (χ1n) is 6.08. The Morgan fingerprint density at radius 2 is 2.21 bits per heavy atom. The van der Waals surface area contributed by atoms with Crippen LogP contribution in [-0.2, 0) is 0 Å². The van der Waals surface area contributed by atoms with E-state index in [9.17, 15) is 0 Å². The van der Waals surface area contributed by atoms with Crippen molar-refractivity contribution in [3.05, 3.63) is 36.3 Å². The molecule has 5 heteroatoms. The van der Waals surface area contributed by atoms with Crippen molar-refractivity contribution in [3.8, 4) is 11.5 Å². The van der Waals surface area contributed by atoms with Crippen LogP contribution in [0.1, 0.15) is 12.5 Å². The van der Waals surface area contributed by atoms with Gasteiger partial charge in [-0.1, -0.05) is 6.92 Å². The molecular formula is C14H13N3OS. The van der Waals surface area contributed by atoms with Gasteiger partial charge in [-0.05, 0) is 30.4 Å². The number of hydrogen-bond donors (Lipinski definition) is 0. The fourth-order valence-electron chi connectivity index (χ4n) is 1.87. The fourth-order valence-corrected chi connectivity index (χ4v) is 2.62. The molecule has 0 saturated heterocycles. The Balaban J connectivity index is 2.13. The van der Waals surface area contributed by atoms with E-state index in [4.69, 9.17) is 4.42 Å². The molecule has 0 unspecified atom stereocenters. The molecule has 3 aromatic rings. The lowest BCUT2D eigenvalue weighted by Crippen LogP contribution is -1.84. The van der Waals surface area contributed by atoms with Gasteiger partial charge in [-0.15, -0.1) is 11.8 Å².